The fourth-order valence-electron chi connectivity index (χ4n) is 2.95. The Labute approximate surface area is 140 Å². The van der Waals surface area contributed by atoms with Crippen LogP contribution in [0.25, 0.3) is 0 Å². The molecule has 4 amide bonds. The van der Waals surface area contributed by atoms with Gasteiger partial charge in [0, 0.05) is 18.7 Å². The van der Waals surface area contributed by atoms with Gasteiger partial charge in [0.2, 0.25) is 0 Å². The van der Waals surface area contributed by atoms with Crippen molar-refractivity contribution < 1.29 is 32.3 Å². The van der Waals surface area contributed by atoms with Crippen LogP contribution in [0.5, 0.6) is 5.75 Å². The number of nitrogens with zero attached hydrogens (tertiary/aromatic N) is 1. The Morgan fingerprint density at radius 1 is 1.12 bits per heavy atom. The molecule has 7 nitrogen and oxygen atoms in total. The van der Waals surface area contributed by atoms with Crippen molar-refractivity contribution in [2.45, 2.75) is 24.7 Å². The number of hydrogen-bond acceptors (Lipinski definition) is 4. The van der Waals surface area contributed by atoms with Crippen molar-refractivity contribution in [1.82, 2.24) is 15.5 Å². The van der Waals surface area contributed by atoms with Crippen molar-refractivity contribution in [2.24, 2.45) is 0 Å². The molecule has 2 fully saturated rings. The van der Waals surface area contributed by atoms with Crippen molar-refractivity contribution in [1.29, 1.82) is 0 Å². The second-order valence-electron chi connectivity index (χ2n) is 5.85. The number of carbonyl (C=O) groups excluding carboxylic acids is 3. The summed E-state index contributed by atoms with van der Waals surface area (Å²) in [4.78, 5) is 37.0. The number of hydrogen-bond donors (Lipinski definition) is 2. The highest BCUT2D eigenvalue weighted by molar-refractivity contribution is 6.07. The molecule has 0 aliphatic carbocycles. The van der Waals surface area contributed by atoms with Gasteiger partial charge in [0.1, 0.15) is 11.3 Å². The van der Waals surface area contributed by atoms with Crippen LogP contribution in [0.3, 0.4) is 0 Å². The predicted molar refractivity (Wildman–Crippen MR) is 77.7 cm³/mol. The summed E-state index contributed by atoms with van der Waals surface area (Å²) in [5.74, 6) is -1.18. The minimum absolute atomic E-state index is 0.213. The van der Waals surface area contributed by atoms with Crippen LogP contribution in [0.4, 0.5) is 18.0 Å². The lowest BCUT2D eigenvalue weighted by Crippen LogP contribution is -2.55. The summed E-state index contributed by atoms with van der Waals surface area (Å²) < 4.78 is 40.2. The van der Waals surface area contributed by atoms with Gasteiger partial charge in [-0.15, -0.1) is 13.2 Å². The number of carbonyl (C=O) groups is 3. The first kappa shape index (κ1) is 17.1. The molecule has 25 heavy (non-hydrogen) atoms. The lowest BCUT2D eigenvalue weighted by atomic mass is 9.87. The molecule has 3 rings (SSSR count). The average Bonchev–Trinajstić information content (AvgIpc) is 2.80. The van der Waals surface area contributed by atoms with Crippen molar-refractivity contribution in [2.75, 3.05) is 13.1 Å². The molecule has 1 aromatic carbocycles. The van der Waals surface area contributed by atoms with Crippen LogP contribution in [0.1, 0.15) is 23.2 Å². The van der Waals surface area contributed by atoms with Gasteiger partial charge in [0.05, 0.1) is 0 Å². The van der Waals surface area contributed by atoms with Gasteiger partial charge in [0.15, 0.2) is 0 Å². The lowest BCUT2D eigenvalue weighted by molar-refractivity contribution is -0.274. The molecule has 2 heterocycles. The minimum atomic E-state index is -4.79. The van der Waals surface area contributed by atoms with E-state index in [1.165, 1.54) is 17.0 Å². The zero-order valence-electron chi connectivity index (χ0n) is 12.9. The number of piperidine rings is 1. The maximum atomic E-state index is 12.4. The number of imide groups is 1. The molecule has 0 unspecified atom stereocenters. The fourth-order valence-corrected chi connectivity index (χ4v) is 2.95. The molecule has 2 aliphatic heterocycles. The third-order valence-corrected chi connectivity index (χ3v) is 4.25. The molecule has 0 bridgehead atoms. The van der Waals surface area contributed by atoms with E-state index in [0.29, 0.717) is 0 Å². The monoisotopic (exact) mass is 357 g/mol. The second kappa shape index (κ2) is 5.94. The van der Waals surface area contributed by atoms with E-state index in [1.54, 1.807) is 0 Å². The lowest BCUT2D eigenvalue weighted by Gasteiger charge is -2.37. The van der Waals surface area contributed by atoms with Crippen LogP contribution in [-0.4, -0.2) is 47.7 Å². The van der Waals surface area contributed by atoms with E-state index in [1.807, 2.05) is 0 Å². The first-order valence-electron chi connectivity index (χ1n) is 7.47. The zero-order valence-corrected chi connectivity index (χ0v) is 12.9. The maximum Gasteiger partial charge on any atom is 0.573 e. The number of ether oxygens (including phenoxy) is 1. The summed E-state index contributed by atoms with van der Waals surface area (Å²) in [6.45, 7) is 0.487. The van der Waals surface area contributed by atoms with Gasteiger partial charge in [-0.3, -0.25) is 14.9 Å². The summed E-state index contributed by atoms with van der Waals surface area (Å²) in [6.07, 6.45) is -4.25. The highest BCUT2D eigenvalue weighted by Gasteiger charge is 2.48. The highest BCUT2D eigenvalue weighted by atomic mass is 19.4. The third-order valence-electron chi connectivity index (χ3n) is 4.25. The summed E-state index contributed by atoms with van der Waals surface area (Å²) in [7, 11) is 0. The standard InChI is InChI=1S/C15H14F3N3O4/c16-15(17,18)25-10-3-1-9(2-4-10)11(22)21-7-5-14(6-8-21)12(23)19-13(24)20-14/h1-4H,5-8H2,(H2,19,20,23,24). The molecule has 2 aliphatic rings. The minimum Gasteiger partial charge on any atom is -0.406 e. The first-order chi connectivity index (χ1) is 11.7. The Morgan fingerprint density at radius 3 is 2.20 bits per heavy atom. The van der Waals surface area contributed by atoms with Crippen LogP contribution in [0.2, 0.25) is 0 Å². The van der Waals surface area contributed by atoms with E-state index in [4.69, 9.17) is 0 Å². The van der Waals surface area contributed by atoms with E-state index >= 15 is 0 Å². The van der Waals surface area contributed by atoms with E-state index in [2.05, 4.69) is 15.4 Å². The molecule has 1 aromatic rings. The SMILES string of the molecule is O=C1NC(=O)C2(CCN(C(=O)c3ccc(OC(F)(F)F)cc3)CC2)N1. The zero-order chi connectivity index (χ0) is 18.2. The average molecular weight is 357 g/mol. The highest BCUT2D eigenvalue weighted by Crippen LogP contribution is 2.27. The molecule has 2 saturated heterocycles. The second-order valence-corrected chi connectivity index (χ2v) is 5.85. The van der Waals surface area contributed by atoms with Gasteiger partial charge in [-0.2, -0.15) is 0 Å². The van der Waals surface area contributed by atoms with Crippen LogP contribution in [-0.2, 0) is 4.79 Å². The topological polar surface area (TPSA) is 87.7 Å². The molecule has 2 N–H and O–H groups in total. The molecule has 1 spiro atoms. The first-order valence-corrected chi connectivity index (χ1v) is 7.47. The van der Waals surface area contributed by atoms with Gasteiger partial charge < -0.3 is 15.0 Å². The Bertz CT molecular complexity index is 710. The Hall–Kier alpha value is -2.78. The number of halogens is 3. The van der Waals surface area contributed by atoms with Gasteiger partial charge in [-0.1, -0.05) is 0 Å². The number of nitrogens with one attached hydrogen (secondary N) is 2. The maximum absolute atomic E-state index is 12.4. The van der Waals surface area contributed by atoms with Gasteiger partial charge in [0.25, 0.3) is 11.8 Å². The molecule has 10 heteroatoms. The predicted octanol–water partition coefficient (Wildman–Crippen LogP) is 1.40. The van der Waals surface area contributed by atoms with Crippen LogP contribution >= 0.6 is 0 Å². The van der Waals surface area contributed by atoms with Gasteiger partial charge in [-0.25, -0.2) is 4.79 Å². The van der Waals surface area contributed by atoms with Crippen molar-refractivity contribution >= 4 is 17.8 Å². The van der Waals surface area contributed by atoms with E-state index in [9.17, 15) is 27.6 Å². The van der Waals surface area contributed by atoms with E-state index in [-0.39, 0.29) is 37.4 Å². The third kappa shape index (κ3) is 3.52. The normalized spacial score (nSPS) is 19.6. The molecule has 0 aromatic heterocycles. The van der Waals surface area contributed by atoms with Gasteiger partial charge >= 0.3 is 12.4 Å². The smallest absolute Gasteiger partial charge is 0.406 e. The fraction of sp³-hybridized carbons (Fsp3) is 0.400. The number of likely N-dealkylation sites (tertiary alicyclic amines) is 1. The summed E-state index contributed by atoms with van der Waals surface area (Å²) >= 11 is 0. The van der Waals surface area contributed by atoms with E-state index in [0.717, 1.165) is 12.1 Å². The van der Waals surface area contributed by atoms with Crippen molar-refractivity contribution in [3.63, 3.8) is 0 Å². The molecular formula is C15H14F3N3O4. The number of amides is 4. The Morgan fingerprint density at radius 2 is 1.72 bits per heavy atom. The summed E-state index contributed by atoms with van der Waals surface area (Å²) in [5.41, 5.74) is -0.775. The van der Waals surface area contributed by atoms with Crippen molar-refractivity contribution in [3.05, 3.63) is 29.8 Å². The molecule has 0 radical (unpaired) electrons. The Balaban J connectivity index is 1.63. The molecule has 134 valence electrons. The van der Waals surface area contributed by atoms with Crippen LogP contribution in [0.15, 0.2) is 24.3 Å². The summed E-state index contributed by atoms with van der Waals surface area (Å²) in [5, 5.41) is 4.77. The number of benzene rings is 1. The molecular weight excluding hydrogens is 343 g/mol. The molecule has 0 atom stereocenters. The molecule has 0 saturated carbocycles. The number of urea groups is 1. The van der Waals surface area contributed by atoms with Crippen LogP contribution < -0.4 is 15.4 Å². The van der Waals surface area contributed by atoms with Crippen molar-refractivity contribution in [3.8, 4) is 5.75 Å². The summed E-state index contributed by atoms with van der Waals surface area (Å²) in [6, 6.07) is 4.08. The largest absolute Gasteiger partial charge is 0.573 e. The Kier molecular flexibility index (Phi) is 4.05. The van der Waals surface area contributed by atoms with Gasteiger partial charge in [-0.05, 0) is 37.1 Å². The van der Waals surface area contributed by atoms with E-state index < -0.39 is 29.6 Å². The number of rotatable bonds is 2. The quantitative estimate of drug-likeness (QED) is 0.784. The number of alkyl halides is 3. The van der Waals surface area contributed by atoms with Crippen LogP contribution in [0, 0.1) is 0 Å².